The van der Waals surface area contributed by atoms with E-state index in [1.807, 2.05) is 6.07 Å². The van der Waals surface area contributed by atoms with Gasteiger partial charge in [0.15, 0.2) is 0 Å². The molecule has 0 heterocycles. The first-order chi connectivity index (χ1) is 4.31. The Hall–Kier alpha value is -0.770. The Balaban J connectivity index is 3.10. The molecule has 1 nitrogen and oxygen atoms in total. The fraction of sp³-hybridized carbons (Fsp3) is 0.625. The number of unbranched alkanes of at least 4 members (excludes halogenated alkanes) is 2. The molecular formula is C8H13N. The molecule has 0 N–H and O–H groups in total. The first-order valence-electron chi connectivity index (χ1n) is 3.39. The molecule has 0 radical (unpaired) electrons. The standard InChI is InChI=1S/C8H13N/c1-3-4-5-6-8(2)7-9/h2-6H2,1H3. The number of rotatable bonds is 4. The third-order valence-electron chi connectivity index (χ3n) is 1.24. The summed E-state index contributed by atoms with van der Waals surface area (Å²) in [5, 5.41) is 8.28. The molecule has 0 aromatic rings. The molecule has 0 amide bonds. The molecule has 1 heteroatoms. The van der Waals surface area contributed by atoms with Gasteiger partial charge in [-0.05, 0) is 12.8 Å². The highest BCUT2D eigenvalue weighted by atomic mass is 14.2. The third kappa shape index (κ3) is 5.10. The lowest BCUT2D eigenvalue weighted by Crippen LogP contribution is -1.76. The van der Waals surface area contributed by atoms with Crippen molar-refractivity contribution in [2.24, 2.45) is 0 Å². The normalized spacial score (nSPS) is 8.44. The topological polar surface area (TPSA) is 23.8 Å². The number of nitrogens with zero attached hydrogens (tertiary/aromatic N) is 1. The second-order valence-corrected chi connectivity index (χ2v) is 2.17. The van der Waals surface area contributed by atoms with E-state index in [4.69, 9.17) is 5.26 Å². The van der Waals surface area contributed by atoms with Gasteiger partial charge in [0, 0.05) is 5.57 Å². The molecular weight excluding hydrogens is 110 g/mol. The summed E-state index contributed by atoms with van der Waals surface area (Å²) in [6.07, 6.45) is 4.41. The van der Waals surface area contributed by atoms with Gasteiger partial charge in [-0.2, -0.15) is 5.26 Å². The Kier molecular flexibility index (Phi) is 4.91. The van der Waals surface area contributed by atoms with Crippen molar-refractivity contribution >= 4 is 0 Å². The summed E-state index contributed by atoms with van der Waals surface area (Å²) in [7, 11) is 0. The van der Waals surface area contributed by atoms with Crippen molar-refractivity contribution in [2.45, 2.75) is 32.6 Å². The Labute approximate surface area is 57.0 Å². The minimum Gasteiger partial charge on any atom is -0.193 e. The first-order valence-corrected chi connectivity index (χ1v) is 3.39. The molecule has 0 aliphatic rings. The molecule has 0 bridgehead atoms. The van der Waals surface area contributed by atoms with E-state index in [9.17, 15) is 0 Å². The van der Waals surface area contributed by atoms with Crippen molar-refractivity contribution in [3.05, 3.63) is 12.2 Å². The molecule has 0 rings (SSSR count). The third-order valence-corrected chi connectivity index (χ3v) is 1.24. The van der Waals surface area contributed by atoms with E-state index < -0.39 is 0 Å². The minimum absolute atomic E-state index is 0.712. The van der Waals surface area contributed by atoms with Gasteiger partial charge in [-0.3, -0.25) is 0 Å². The molecule has 0 aliphatic heterocycles. The van der Waals surface area contributed by atoms with Crippen molar-refractivity contribution in [3.63, 3.8) is 0 Å². The highest BCUT2D eigenvalue weighted by molar-refractivity contribution is 5.14. The van der Waals surface area contributed by atoms with E-state index in [-0.39, 0.29) is 0 Å². The van der Waals surface area contributed by atoms with E-state index in [1.165, 1.54) is 12.8 Å². The van der Waals surface area contributed by atoms with Gasteiger partial charge >= 0.3 is 0 Å². The van der Waals surface area contributed by atoms with Gasteiger partial charge in [0.05, 0.1) is 6.07 Å². The van der Waals surface area contributed by atoms with Crippen LogP contribution in [0.3, 0.4) is 0 Å². The number of allylic oxidation sites excluding steroid dienone is 1. The smallest absolute Gasteiger partial charge is 0.0940 e. The zero-order valence-corrected chi connectivity index (χ0v) is 5.98. The summed E-state index contributed by atoms with van der Waals surface area (Å²) in [6.45, 7) is 5.73. The summed E-state index contributed by atoms with van der Waals surface area (Å²) >= 11 is 0. The second kappa shape index (κ2) is 5.37. The first kappa shape index (κ1) is 8.23. The quantitative estimate of drug-likeness (QED) is 0.416. The summed E-state index contributed by atoms with van der Waals surface area (Å²) in [4.78, 5) is 0. The molecule has 0 spiro atoms. The zero-order chi connectivity index (χ0) is 7.11. The fourth-order valence-electron chi connectivity index (χ4n) is 0.644. The average Bonchev–Trinajstić information content (AvgIpc) is 1.89. The lowest BCUT2D eigenvalue weighted by atomic mass is 10.1. The Morgan fingerprint density at radius 3 is 2.67 bits per heavy atom. The van der Waals surface area contributed by atoms with Crippen LogP contribution in [-0.2, 0) is 0 Å². The number of hydrogen-bond donors (Lipinski definition) is 0. The van der Waals surface area contributed by atoms with Crippen molar-refractivity contribution < 1.29 is 0 Å². The fourth-order valence-corrected chi connectivity index (χ4v) is 0.644. The van der Waals surface area contributed by atoms with Crippen LogP contribution < -0.4 is 0 Å². The van der Waals surface area contributed by atoms with Gasteiger partial charge in [0.1, 0.15) is 0 Å². The van der Waals surface area contributed by atoms with Crippen LogP contribution in [0.2, 0.25) is 0 Å². The molecule has 0 saturated heterocycles. The Bertz CT molecular complexity index is 119. The van der Waals surface area contributed by atoms with E-state index >= 15 is 0 Å². The molecule has 0 unspecified atom stereocenters. The Morgan fingerprint density at radius 2 is 2.22 bits per heavy atom. The van der Waals surface area contributed by atoms with Crippen LogP contribution in [0, 0.1) is 11.3 Å². The van der Waals surface area contributed by atoms with Gasteiger partial charge in [-0.1, -0.05) is 26.3 Å². The predicted octanol–water partition coefficient (Wildman–Crippen LogP) is 2.65. The predicted molar refractivity (Wildman–Crippen MR) is 38.9 cm³/mol. The van der Waals surface area contributed by atoms with Crippen LogP contribution in [-0.4, -0.2) is 0 Å². The van der Waals surface area contributed by atoms with Crippen molar-refractivity contribution in [3.8, 4) is 6.07 Å². The van der Waals surface area contributed by atoms with Gasteiger partial charge in [0.2, 0.25) is 0 Å². The SMILES string of the molecule is C=C(C#N)CCCCC. The molecule has 50 valence electrons. The Morgan fingerprint density at radius 1 is 1.56 bits per heavy atom. The molecule has 0 aliphatic carbocycles. The summed E-state index contributed by atoms with van der Waals surface area (Å²) in [6, 6.07) is 2.03. The molecule has 0 fully saturated rings. The lowest BCUT2D eigenvalue weighted by Gasteiger charge is -1.92. The largest absolute Gasteiger partial charge is 0.193 e. The van der Waals surface area contributed by atoms with E-state index in [2.05, 4.69) is 13.5 Å². The van der Waals surface area contributed by atoms with Crippen LogP contribution in [0.15, 0.2) is 12.2 Å². The highest BCUT2D eigenvalue weighted by Crippen LogP contribution is 2.04. The molecule has 0 saturated carbocycles. The van der Waals surface area contributed by atoms with E-state index in [0.29, 0.717) is 5.57 Å². The zero-order valence-electron chi connectivity index (χ0n) is 5.98. The monoisotopic (exact) mass is 123 g/mol. The van der Waals surface area contributed by atoms with Gasteiger partial charge in [-0.25, -0.2) is 0 Å². The average molecular weight is 123 g/mol. The van der Waals surface area contributed by atoms with Gasteiger partial charge in [-0.15, -0.1) is 0 Å². The molecule has 0 aromatic carbocycles. The van der Waals surface area contributed by atoms with E-state index in [0.717, 1.165) is 12.8 Å². The summed E-state index contributed by atoms with van der Waals surface area (Å²) in [5.74, 6) is 0. The number of nitriles is 1. The molecule has 0 aromatic heterocycles. The highest BCUT2D eigenvalue weighted by Gasteiger charge is 1.89. The maximum Gasteiger partial charge on any atom is 0.0940 e. The van der Waals surface area contributed by atoms with Crippen molar-refractivity contribution in [1.82, 2.24) is 0 Å². The van der Waals surface area contributed by atoms with Gasteiger partial charge in [0.25, 0.3) is 0 Å². The lowest BCUT2D eigenvalue weighted by molar-refractivity contribution is 0.721. The number of hydrogen-bond acceptors (Lipinski definition) is 1. The summed E-state index contributed by atoms with van der Waals surface area (Å²) in [5.41, 5.74) is 0.712. The van der Waals surface area contributed by atoms with Crippen LogP contribution in [0.1, 0.15) is 32.6 Å². The van der Waals surface area contributed by atoms with Crippen LogP contribution in [0.5, 0.6) is 0 Å². The van der Waals surface area contributed by atoms with Crippen molar-refractivity contribution in [1.29, 1.82) is 5.26 Å². The van der Waals surface area contributed by atoms with Crippen LogP contribution >= 0.6 is 0 Å². The van der Waals surface area contributed by atoms with Crippen molar-refractivity contribution in [2.75, 3.05) is 0 Å². The second-order valence-electron chi connectivity index (χ2n) is 2.17. The maximum absolute atomic E-state index is 8.28. The van der Waals surface area contributed by atoms with E-state index in [1.54, 1.807) is 0 Å². The van der Waals surface area contributed by atoms with Crippen LogP contribution in [0.4, 0.5) is 0 Å². The minimum atomic E-state index is 0.712. The van der Waals surface area contributed by atoms with Crippen LogP contribution in [0.25, 0.3) is 0 Å². The maximum atomic E-state index is 8.28. The molecule has 0 atom stereocenters. The molecule has 9 heavy (non-hydrogen) atoms. The summed E-state index contributed by atoms with van der Waals surface area (Å²) < 4.78 is 0. The van der Waals surface area contributed by atoms with Gasteiger partial charge < -0.3 is 0 Å².